The first-order valence-corrected chi connectivity index (χ1v) is 5.64. The fourth-order valence-electron chi connectivity index (χ4n) is 1.27. The van der Waals surface area contributed by atoms with Crippen molar-refractivity contribution in [2.24, 2.45) is 0 Å². The molecule has 0 fully saturated rings. The molecule has 0 saturated carbocycles. The van der Waals surface area contributed by atoms with E-state index in [2.05, 4.69) is 26.8 Å². The third-order valence-electron chi connectivity index (χ3n) is 1.90. The normalized spacial score (nSPS) is 11.1. The van der Waals surface area contributed by atoms with E-state index in [1.54, 1.807) is 11.8 Å². The molecular weight excluding hydrogens is 204 g/mol. The SMILES string of the molecule is Cc1cc(SC(C)(C)C)cc(C#N)c1N. The number of rotatable bonds is 1. The highest BCUT2D eigenvalue weighted by Crippen LogP contribution is 2.34. The lowest BCUT2D eigenvalue weighted by Gasteiger charge is -2.18. The topological polar surface area (TPSA) is 49.8 Å². The maximum absolute atomic E-state index is 8.93. The first-order chi connectivity index (χ1) is 6.83. The number of nitrogens with zero attached hydrogens (tertiary/aromatic N) is 1. The molecule has 3 heteroatoms. The van der Waals surface area contributed by atoms with Gasteiger partial charge in [-0.15, -0.1) is 11.8 Å². The van der Waals surface area contributed by atoms with Crippen LogP contribution >= 0.6 is 11.8 Å². The van der Waals surface area contributed by atoms with Crippen LogP contribution in [0.5, 0.6) is 0 Å². The van der Waals surface area contributed by atoms with Crippen LogP contribution in [-0.4, -0.2) is 4.75 Å². The summed E-state index contributed by atoms with van der Waals surface area (Å²) >= 11 is 1.75. The van der Waals surface area contributed by atoms with Crippen LogP contribution in [0.1, 0.15) is 31.9 Å². The van der Waals surface area contributed by atoms with Gasteiger partial charge in [0.2, 0.25) is 0 Å². The van der Waals surface area contributed by atoms with E-state index in [4.69, 9.17) is 11.0 Å². The van der Waals surface area contributed by atoms with E-state index in [1.165, 1.54) is 0 Å². The minimum absolute atomic E-state index is 0.148. The van der Waals surface area contributed by atoms with E-state index in [1.807, 2.05) is 19.1 Å². The number of nitriles is 1. The lowest BCUT2D eigenvalue weighted by Crippen LogP contribution is -2.07. The van der Waals surface area contributed by atoms with Gasteiger partial charge in [-0.2, -0.15) is 5.26 Å². The lowest BCUT2D eigenvalue weighted by molar-refractivity contribution is 0.803. The van der Waals surface area contributed by atoms with Gasteiger partial charge in [-0.3, -0.25) is 0 Å². The van der Waals surface area contributed by atoms with Crippen LogP contribution in [0.4, 0.5) is 5.69 Å². The fourth-order valence-corrected chi connectivity index (χ4v) is 2.39. The molecule has 0 aromatic heterocycles. The summed E-state index contributed by atoms with van der Waals surface area (Å²) in [4.78, 5) is 1.10. The zero-order chi connectivity index (χ0) is 11.6. The molecule has 0 aliphatic carbocycles. The highest BCUT2D eigenvalue weighted by atomic mass is 32.2. The summed E-state index contributed by atoms with van der Waals surface area (Å²) in [6.45, 7) is 8.38. The molecule has 0 aliphatic rings. The first kappa shape index (κ1) is 11.9. The summed E-state index contributed by atoms with van der Waals surface area (Å²) < 4.78 is 0.148. The van der Waals surface area contributed by atoms with Gasteiger partial charge in [0.15, 0.2) is 0 Å². The van der Waals surface area contributed by atoms with E-state index in [0.29, 0.717) is 11.3 Å². The Bertz CT molecular complexity index is 411. The minimum Gasteiger partial charge on any atom is -0.397 e. The second-order valence-corrected chi connectivity index (χ2v) is 6.43. The predicted octanol–water partition coefficient (Wildman–Crippen LogP) is 3.34. The van der Waals surface area contributed by atoms with Crippen molar-refractivity contribution in [3.63, 3.8) is 0 Å². The van der Waals surface area contributed by atoms with Crippen LogP contribution < -0.4 is 5.73 Å². The summed E-state index contributed by atoms with van der Waals surface area (Å²) in [5.74, 6) is 0. The van der Waals surface area contributed by atoms with E-state index in [-0.39, 0.29) is 4.75 Å². The van der Waals surface area contributed by atoms with Gasteiger partial charge in [-0.05, 0) is 24.6 Å². The molecule has 0 amide bonds. The third-order valence-corrected chi connectivity index (χ3v) is 2.99. The van der Waals surface area contributed by atoms with Gasteiger partial charge in [0.05, 0.1) is 11.3 Å². The van der Waals surface area contributed by atoms with Crippen molar-refractivity contribution in [2.45, 2.75) is 37.3 Å². The number of benzene rings is 1. The standard InChI is InChI=1S/C12H16N2S/c1-8-5-10(15-12(2,3)4)6-9(7-13)11(8)14/h5-6H,14H2,1-4H3. The number of hydrogen-bond acceptors (Lipinski definition) is 3. The monoisotopic (exact) mass is 220 g/mol. The Morgan fingerprint density at radius 3 is 2.40 bits per heavy atom. The molecule has 0 radical (unpaired) electrons. The highest BCUT2D eigenvalue weighted by molar-refractivity contribution is 8.00. The predicted molar refractivity (Wildman–Crippen MR) is 65.9 cm³/mol. The molecule has 0 spiro atoms. The number of thioether (sulfide) groups is 1. The number of anilines is 1. The average Bonchev–Trinajstić information content (AvgIpc) is 2.08. The highest BCUT2D eigenvalue weighted by Gasteiger charge is 2.14. The molecule has 1 aromatic rings. The Morgan fingerprint density at radius 2 is 1.93 bits per heavy atom. The molecule has 1 aromatic carbocycles. The molecular formula is C12H16N2S. The molecule has 0 saturated heterocycles. The van der Waals surface area contributed by atoms with Crippen molar-refractivity contribution in [3.05, 3.63) is 23.3 Å². The van der Waals surface area contributed by atoms with Crippen LogP contribution in [0, 0.1) is 18.3 Å². The Morgan fingerprint density at radius 1 is 1.33 bits per heavy atom. The molecule has 0 unspecified atom stereocenters. The summed E-state index contributed by atoms with van der Waals surface area (Å²) in [6.07, 6.45) is 0. The summed E-state index contributed by atoms with van der Waals surface area (Å²) in [5.41, 5.74) is 7.93. The zero-order valence-electron chi connectivity index (χ0n) is 9.59. The Labute approximate surface area is 95.5 Å². The number of hydrogen-bond donors (Lipinski definition) is 1. The quantitative estimate of drug-likeness (QED) is 0.583. The molecule has 15 heavy (non-hydrogen) atoms. The van der Waals surface area contributed by atoms with Crippen molar-refractivity contribution in [3.8, 4) is 6.07 Å². The van der Waals surface area contributed by atoms with Crippen LogP contribution in [0.2, 0.25) is 0 Å². The molecule has 1 rings (SSSR count). The van der Waals surface area contributed by atoms with Crippen LogP contribution in [0.25, 0.3) is 0 Å². The van der Waals surface area contributed by atoms with Crippen LogP contribution in [-0.2, 0) is 0 Å². The van der Waals surface area contributed by atoms with Crippen molar-refractivity contribution in [1.82, 2.24) is 0 Å². The molecule has 0 atom stereocenters. The van der Waals surface area contributed by atoms with Gasteiger partial charge in [-0.25, -0.2) is 0 Å². The molecule has 2 N–H and O–H groups in total. The summed E-state index contributed by atoms with van der Waals surface area (Å²) in [5, 5.41) is 8.93. The molecule has 80 valence electrons. The fraction of sp³-hybridized carbons (Fsp3) is 0.417. The second-order valence-electron chi connectivity index (χ2n) is 4.53. The van der Waals surface area contributed by atoms with Crippen molar-refractivity contribution >= 4 is 17.4 Å². The van der Waals surface area contributed by atoms with Gasteiger partial charge in [0.1, 0.15) is 6.07 Å². The average molecular weight is 220 g/mol. The maximum atomic E-state index is 8.93. The number of aryl methyl sites for hydroxylation is 1. The molecule has 0 bridgehead atoms. The van der Waals surface area contributed by atoms with Gasteiger partial charge < -0.3 is 5.73 Å². The Kier molecular flexibility index (Phi) is 3.31. The minimum atomic E-state index is 0.148. The van der Waals surface area contributed by atoms with Gasteiger partial charge in [0.25, 0.3) is 0 Å². The van der Waals surface area contributed by atoms with Crippen LogP contribution in [0.3, 0.4) is 0 Å². The van der Waals surface area contributed by atoms with E-state index in [0.717, 1.165) is 10.5 Å². The van der Waals surface area contributed by atoms with Crippen molar-refractivity contribution in [1.29, 1.82) is 5.26 Å². The van der Waals surface area contributed by atoms with Crippen molar-refractivity contribution < 1.29 is 0 Å². The summed E-state index contributed by atoms with van der Waals surface area (Å²) in [6, 6.07) is 6.02. The van der Waals surface area contributed by atoms with Gasteiger partial charge in [0, 0.05) is 9.64 Å². The van der Waals surface area contributed by atoms with Gasteiger partial charge in [-0.1, -0.05) is 20.8 Å². The third kappa shape index (κ3) is 3.17. The van der Waals surface area contributed by atoms with E-state index in [9.17, 15) is 0 Å². The second kappa shape index (κ2) is 4.16. The molecule has 2 nitrogen and oxygen atoms in total. The number of nitrogens with two attached hydrogens (primary N) is 1. The van der Waals surface area contributed by atoms with Gasteiger partial charge >= 0.3 is 0 Å². The Balaban J connectivity index is 3.13. The largest absolute Gasteiger partial charge is 0.397 e. The van der Waals surface area contributed by atoms with Crippen molar-refractivity contribution in [2.75, 3.05) is 5.73 Å². The van der Waals surface area contributed by atoms with Crippen LogP contribution in [0.15, 0.2) is 17.0 Å². The Hall–Kier alpha value is -1.14. The van der Waals surface area contributed by atoms with E-state index >= 15 is 0 Å². The zero-order valence-corrected chi connectivity index (χ0v) is 10.4. The van der Waals surface area contributed by atoms with E-state index < -0.39 is 0 Å². The first-order valence-electron chi connectivity index (χ1n) is 4.83. The molecule has 0 heterocycles. The summed E-state index contributed by atoms with van der Waals surface area (Å²) in [7, 11) is 0. The number of nitrogen functional groups attached to an aromatic ring is 1. The lowest BCUT2D eigenvalue weighted by atomic mass is 10.1. The smallest absolute Gasteiger partial charge is 0.101 e. The maximum Gasteiger partial charge on any atom is 0.101 e. The molecule has 0 aliphatic heterocycles.